The van der Waals surface area contributed by atoms with Crippen LogP contribution in [0.1, 0.15) is 12.8 Å². The maximum absolute atomic E-state index is 12.1. The van der Waals surface area contributed by atoms with E-state index in [1.807, 2.05) is 12.2 Å². The summed E-state index contributed by atoms with van der Waals surface area (Å²) in [6.45, 7) is 4.12. The van der Waals surface area contributed by atoms with Crippen LogP contribution in [0, 0.1) is 0 Å². The number of aliphatic imine (C=N–C) groups is 1. The molecule has 0 unspecified atom stereocenters. The molecule has 2 rings (SSSR count). The van der Waals surface area contributed by atoms with E-state index in [0.29, 0.717) is 25.9 Å². The van der Waals surface area contributed by atoms with Crippen molar-refractivity contribution >= 4 is 23.5 Å². The third kappa shape index (κ3) is 5.00. The maximum Gasteiger partial charge on any atom is 0.326 e. The van der Waals surface area contributed by atoms with Crippen LogP contribution in [-0.4, -0.2) is 59.2 Å². The fourth-order valence-corrected chi connectivity index (χ4v) is 2.65. The molecule has 0 aliphatic carbocycles. The highest BCUT2D eigenvalue weighted by atomic mass is 16.4. The minimum atomic E-state index is -1.01. The molecule has 2 N–H and O–H groups in total. The molecule has 1 saturated heterocycles. The van der Waals surface area contributed by atoms with Crippen molar-refractivity contribution in [3.63, 3.8) is 0 Å². The van der Waals surface area contributed by atoms with Crippen molar-refractivity contribution in [3.05, 3.63) is 48.6 Å². The van der Waals surface area contributed by atoms with E-state index in [4.69, 9.17) is 5.11 Å². The molecule has 0 aromatic carbocycles. The third-order valence-electron chi connectivity index (χ3n) is 3.94. The number of carbonyl (C=O) groups excluding carboxylic acids is 2. The number of nitrogens with zero attached hydrogens (tertiary/aromatic N) is 2. The summed E-state index contributed by atoms with van der Waals surface area (Å²) < 4.78 is 0. The van der Waals surface area contributed by atoms with E-state index in [2.05, 4.69) is 16.9 Å². The molecule has 0 saturated carbocycles. The summed E-state index contributed by atoms with van der Waals surface area (Å²) in [6, 6.07) is -0.798. The van der Waals surface area contributed by atoms with Gasteiger partial charge < -0.3 is 15.3 Å². The zero-order valence-electron chi connectivity index (χ0n) is 13.9. The molecule has 25 heavy (non-hydrogen) atoms. The van der Waals surface area contributed by atoms with Gasteiger partial charge in [0.25, 0.3) is 5.91 Å². The number of carboxylic acid groups (broad SMARTS) is 1. The first-order valence-electron chi connectivity index (χ1n) is 8.04. The molecule has 1 atom stereocenters. The number of carbonyl (C=O) groups is 3. The number of dihydropyridines is 1. The Hall–Kier alpha value is -2.96. The molecule has 0 spiro atoms. The van der Waals surface area contributed by atoms with Gasteiger partial charge in [0, 0.05) is 6.54 Å². The predicted molar refractivity (Wildman–Crippen MR) is 94.2 cm³/mol. The minimum absolute atomic E-state index is 0.236. The maximum atomic E-state index is 12.1. The van der Waals surface area contributed by atoms with Gasteiger partial charge in [-0.2, -0.15) is 0 Å². The SMILES string of the molecule is C=C/C=C\C=C1\C=CC(C(=O)NCC(=O)N2CCC[C@@H]2C(=O)O)=NC1. The van der Waals surface area contributed by atoms with Crippen LogP contribution in [0.3, 0.4) is 0 Å². The summed E-state index contributed by atoms with van der Waals surface area (Å²) >= 11 is 0. The number of rotatable bonds is 6. The molecule has 2 aliphatic rings. The zero-order chi connectivity index (χ0) is 18.2. The van der Waals surface area contributed by atoms with Crippen LogP contribution in [-0.2, 0) is 14.4 Å². The lowest BCUT2D eigenvalue weighted by atomic mass is 10.1. The largest absolute Gasteiger partial charge is 0.480 e. The second kappa shape index (κ2) is 8.77. The molecule has 1 fully saturated rings. The zero-order valence-corrected chi connectivity index (χ0v) is 13.9. The van der Waals surface area contributed by atoms with Gasteiger partial charge in [0.05, 0.1) is 13.1 Å². The van der Waals surface area contributed by atoms with E-state index in [1.165, 1.54) is 4.90 Å². The topological polar surface area (TPSA) is 99.1 Å². The molecular weight excluding hydrogens is 322 g/mol. The highest BCUT2D eigenvalue weighted by Crippen LogP contribution is 2.17. The Morgan fingerprint density at radius 2 is 2.16 bits per heavy atom. The summed E-state index contributed by atoms with van der Waals surface area (Å²) in [6.07, 6.45) is 11.6. The number of likely N-dealkylation sites (tertiary alicyclic amines) is 1. The Kier molecular flexibility index (Phi) is 6.45. The lowest BCUT2D eigenvalue weighted by molar-refractivity contribution is -0.147. The summed E-state index contributed by atoms with van der Waals surface area (Å²) in [5, 5.41) is 11.6. The van der Waals surface area contributed by atoms with E-state index in [0.717, 1.165) is 5.57 Å². The molecule has 2 aliphatic heterocycles. The quantitative estimate of drug-likeness (QED) is 0.699. The Morgan fingerprint density at radius 1 is 1.36 bits per heavy atom. The van der Waals surface area contributed by atoms with Gasteiger partial charge in [-0.25, -0.2) is 4.79 Å². The van der Waals surface area contributed by atoms with E-state index in [-0.39, 0.29) is 12.3 Å². The van der Waals surface area contributed by atoms with E-state index >= 15 is 0 Å². The molecule has 132 valence electrons. The monoisotopic (exact) mass is 343 g/mol. The molecular formula is C18H21N3O4. The molecule has 0 aromatic rings. The van der Waals surface area contributed by atoms with Crippen molar-refractivity contribution in [2.75, 3.05) is 19.6 Å². The third-order valence-corrected chi connectivity index (χ3v) is 3.94. The first-order chi connectivity index (χ1) is 12.0. The fraction of sp³-hybridized carbons (Fsp3) is 0.333. The number of amides is 2. The number of aliphatic carboxylic acids is 1. The molecule has 7 heteroatoms. The average molecular weight is 343 g/mol. The lowest BCUT2D eigenvalue weighted by Crippen LogP contribution is -2.46. The molecule has 2 heterocycles. The van der Waals surface area contributed by atoms with Crippen LogP contribution in [0.25, 0.3) is 0 Å². The van der Waals surface area contributed by atoms with Crippen molar-refractivity contribution < 1.29 is 19.5 Å². The second-order valence-corrected chi connectivity index (χ2v) is 5.66. The van der Waals surface area contributed by atoms with Crippen molar-refractivity contribution in [3.8, 4) is 0 Å². The number of allylic oxidation sites excluding steroid dienone is 4. The van der Waals surface area contributed by atoms with Gasteiger partial charge >= 0.3 is 5.97 Å². The van der Waals surface area contributed by atoms with Crippen molar-refractivity contribution in [2.24, 2.45) is 4.99 Å². The molecule has 7 nitrogen and oxygen atoms in total. The standard InChI is InChI=1S/C18H21N3O4/c1-2-3-4-6-13-8-9-14(19-11-13)17(23)20-12-16(22)21-10-5-7-15(21)18(24)25/h2-4,6,8-9,15H,1,5,7,10-12H2,(H,20,23)(H,24,25)/b4-3-,13-6-/t15-/m1/s1. The number of hydrogen-bond donors (Lipinski definition) is 2. The van der Waals surface area contributed by atoms with Gasteiger partial charge in [0.2, 0.25) is 5.91 Å². The fourth-order valence-electron chi connectivity index (χ4n) is 2.65. The van der Waals surface area contributed by atoms with Crippen LogP contribution in [0.15, 0.2) is 53.6 Å². The smallest absolute Gasteiger partial charge is 0.326 e. The van der Waals surface area contributed by atoms with Gasteiger partial charge in [-0.3, -0.25) is 14.6 Å². The average Bonchev–Trinajstić information content (AvgIpc) is 3.10. The summed E-state index contributed by atoms with van der Waals surface area (Å²) in [7, 11) is 0. The van der Waals surface area contributed by atoms with Crippen molar-refractivity contribution in [2.45, 2.75) is 18.9 Å². The lowest BCUT2D eigenvalue weighted by Gasteiger charge is -2.21. The summed E-state index contributed by atoms with van der Waals surface area (Å²) in [5.74, 6) is -1.85. The van der Waals surface area contributed by atoms with Gasteiger partial charge in [0.15, 0.2) is 0 Å². The van der Waals surface area contributed by atoms with Gasteiger partial charge in [0.1, 0.15) is 11.8 Å². The van der Waals surface area contributed by atoms with Gasteiger partial charge in [-0.15, -0.1) is 0 Å². The van der Waals surface area contributed by atoms with E-state index < -0.39 is 23.8 Å². The van der Waals surface area contributed by atoms with Crippen LogP contribution in [0.2, 0.25) is 0 Å². The van der Waals surface area contributed by atoms with Crippen LogP contribution in [0.5, 0.6) is 0 Å². The van der Waals surface area contributed by atoms with Crippen molar-refractivity contribution in [1.29, 1.82) is 0 Å². The van der Waals surface area contributed by atoms with Crippen LogP contribution in [0.4, 0.5) is 0 Å². The van der Waals surface area contributed by atoms with E-state index in [9.17, 15) is 14.4 Å². The highest BCUT2D eigenvalue weighted by Gasteiger charge is 2.33. The molecule has 0 aromatic heterocycles. The Bertz CT molecular complexity index is 688. The van der Waals surface area contributed by atoms with Crippen LogP contribution < -0.4 is 5.32 Å². The van der Waals surface area contributed by atoms with Gasteiger partial charge in [-0.1, -0.05) is 37.0 Å². The van der Waals surface area contributed by atoms with Crippen molar-refractivity contribution in [1.82, 2.24) is 10.2 Å². The molecule has 0 radical (unpaired) electrons. The minimum Gasteiger partial charge on any atom is -0.480 e. The number of nitrogens with one attached hydrogen (secondary N) is 1. The Labute approximate surface area is 146 Å². The summed E-state index contributed by atoms with van der Waals surface area (Å²) in [4.78, 5) is 40.8. The normalized spacial score (nSPS) is 21.4. The Morgan fingerprint density at radius 3 is 2.80 bits per heavy atom. The molecule has 0 bridgehead atoms. The van der Waals surface area contributed by atoms with Crippen LogP contribution >= 0.6 is 0 Å². The predicted octanol–water partition coefficient (Wildman–Crippen LogP) is 0.858. The Balaban J connectivity index is 1.85. The highest BCUT2D eigenvalue weighted by molar-refractivity contribution is 6.43. The van der Waals surface area contributed by atoms with Gasteiger partial charge in [-0.05, 0) is 24.5 Å². The second-order valence-electron chi connectivity index (χ2n) is 5.66. The number of carboxylic acids is 1. The first kappa shape index (κ1) is 18.4. The van der Waals surface area contributed by atoms with E-state index in [1.54, 1.807) is 24.3 Å². The summed E-state index contributed by atoms with van der Waals surface area (Å²) in [5.41, 5.74) is 1.20. The molecule has 2 amide bonds. The number of hydrogen-bond acceptors (Lipinski definition) is 4. The first-order valence-corrected chi connectivity index (χ1v) is 8.04.